The van der Waals surface area contributed by atoms with E-state index in [2.05, 4.69) is 19.9 Å². The fraction of sp³-hybridized carbons (Fsp3) is 0.700. The van der Waals surface area contributed by atoms with Crippen LogP contribution >= 0.6 is 0 Å². The van der Waals surface area contributed by atoms with E-state index in [9.17, 15) is 0 Å². The van der Waals surface area contributed by atoms with Gasteiger partial charge in [0.15, 0.2) is 0 Å². The summed E-state index contributed by atoms with van der Waals surface area (Å²) in [6.07, 6.45) is 9.65. The topological polar surface area (TPSA) is 0 Å². The lowest BCUT2D eigenvalue weighted by molar-refractivity contribution is 0.686. The van der Waals surface area contributed by atoms with E-state index in [1.165, 1.54) is 31.3 Å². The smallest absolute Gasteiger partial charge is 0.00555 e. The minimum absolute atomic E-state index is 1.16. The molecule has 0 N–H and O–H groups in total. The molecule has 0 fully saturated rings. The van der Waals surface area contributed by atoms with Gasteiger partial charge in [-0.2, -0.15) is 0 Å². The molecule has 0 heteroatoms. The molecule has 0 bridgehead atoms. The van der Waals surface area contributed by atoms with Crippen LogP contribution in [0.4, 0.5) is 0 Å². The number of allylic oxidation sites excluding steroid dienone is 2. The molecule has 0 spiro atoms. The Morgan fingerprint density at radius 2 is 2.20 bits per heavy atom. The quantitative estimate of drug-likeness (QED) is 0.520. The van der Waals surface area contributed by atoms with E-state index in [0.717, 1.165) is 6.42 Å². The minimum Gasteiger partial charge on any atom is -0.0651 e. The molecule has 0 aromatic rings. The SMILES string of the molecule is CCCC1=[C-]C[C+]1CCC. The van der Waals surface area contributed by atoms with Gasteiger partial charge in [-0.05, 0) is 30.9 Å². The van der Waals surface area contributed by atoms with Gasteiger partial charge in [0.1, 0.15) is 0 Å². The van der Waals surface area contributed by atoms with Crippen LogP contribution in [-0.4, -0.2) is 0 Å². The molecule has 56 valence electrons. The van der Waals surface area contributed by atoms with Crippen molar-refractivity contribution in [3.63, 3.8) is 0 Å². The van der Waals surface area contributed by atoms with E-state index < -0.39 is 0 Å². The molecule has 0 saturated carbocycles. The lowest BCUT2D eigenvalue weighted by Crippen LogP contribution is -2.09. The van der Waals surface area contributed by atoms with Crippen LogP contribution in [-0.2, 0) is 0 Å². The second-order valence-corrected chi connectivity index (χ2v) is 2.94. The number of rotatable bonds is 4. The Bertz CT molecular complexity index is 122. The van der Waals surface area contributed by atoms with Gasteiger partial charge >= 0.3 is 0 Å². The average Bonchev–Trinajstić information content (AvgIpc) is 1.93. The molecule has 0 saturated heterocycles. The van der Waals surface area contributed by atoms with Gasteiger partial charge in [0.25, 0.3) is 0 Å². The van der Waals surface area contributed by atoms with E-state index >= 15 is 0 Å². The highest BCUT2D eigenvalue weighted by Gasteiger charge is 2.18. The largest absolute Gasteiger partial charge is 0.0651 e. The summed E-state index contributed by atoms with van der Waals surface area (Å²) in [5.74, 6) is 1.67. The molecule has 1 aliphatic rings. The lowest BCUT2D eigenvalue weighted by atomic mass is 9.79. The Balaban J connectivity index is 2.21. The van der Waals surface area contributed by atoms with Crippen LogP contribution < -0.4 is 0 Å². The highest BCUT2D eigenvalue weighted by Crippen LogP contribution is 2.35. The van der Waals surface area contributed by atoms with Crippen molar-refractivity contribution < 1.29 is 0 Å². The molecule has 0 amide bonds. The Morgan fingerprint density at radius 3 is 2.60 bits per heavy atom. The third-order valence-electron chi connectivity index (χ3n) is 1.99. The zero-order chi connectivity index (χ0) is 7.40. The van der Waals surface area contributed by atoms with Gasteiger partial charge in [0.2, 0.25) is 0 Å². The van der Waals surface area contributed by atoms with E-state index in [1.54, 1.807) is 5.92 Å². The monoisotopic (exact) mass is 136 g/mol. The maximum absolute atomic E-state index is 3.36. The van der Waals surface area contributed by atoms with Gasteiger partial charge < -0.3 is 0 Å². The third-order valence-corrected chi connectivity index (χ3v) is 1.99. The van der Waals surface area contributed by atoms with Crippen molar-refractivity contribution in [1.29, 1.82) is 0 Å². The maximum atomic E-state index is 3.36. The normalized spacial score (nSPS) is 16.6. The summed E-state index contributed by atoms with van der Waals surface area (Å²) < 4.78 is 0. The molecule has 0 atom stereocenters. The highest BCUT2D eigenvalue weighted by atomic mass is 14.2. The maximum Gasteiger partial charge on any atom is -0.00555 e. The standard InChI is InChI=1S/C10H16/c1-3-5-9-7-8-10(9)6-4-2/h3-7H2,1-2H3. The summed E-state index contributed by atoms with van der Waals surface area (Å²) in [6, 6.07) is 0. The fourth-order valence-corrected chi connectivity index (χ4v) is 1.39. The fourth-order valence-electron chi connectivity index (χ4n) is 1.39. The molecule has 0 unspecified atom stereocenters. The van der Waals surface area contributed by atoms with Crippen molar-refractivity contribution in [2.45, 2.75) is 46.0 Å². The van der Waals surface area contributed by atoms with Crippen molar-refractivity contribution in [1.82, 2.24) is 0 Å². The van der Waals surface area contributed by atoms with Gasteiger partial charge in [-0.3, -0.25) is 0 Å². The van der Waals surface area contributed by atoms with Gasteiger partial charge in [-0.25, -0.2) is 0 Å². The summed E-state index contributed by atoms with van der Waals surface area (Å²) in [5.41, 5.74) is 1.53. The van der Waals surface area contributed by atoms with Crippen molar-refractivity contribution in [2.75, 3.05) is 0 Å². The zero-order valence-corrected chi connectivity index (χ0v) is 7.04. The molecule has 0 aliphatic heterocycles. The minimum atomic E-state index is 1.16. The Kier molecular flexibility index (Phi) is 2.85. The summed E-state index contributed by atoms with van der Waals surface area (Å²) in [5, 5.41) is 0. The van der Waals surface area contributed by atoms with Crippen LogP contribution in [0.2, 0.25) is 0 Å². The predicted octanol–water partition coefficient (Wildman–Crippen LogP) is 3.29. The third kappa shape index (κ3) is 1.56. The van der Waals surface area contributed by atoms with E-state index in [1.807, 2.05) is 0 Å². The molecule has 0 heterocycles. The summed E-state index contributed by atoms with van der Waals surface area (Å²) in [6.45, 7) is 4.48. The second kappa shape index (κ2) is 3.70. The van der Waals surface area contributed by atoms with Crippen molar-refractivity contribution in [3.8, 4) is 0 Å². The van der Waals surface area contributed by atoms with Crippen LogP contribution in [0.1, 0.15) is 46.0 Å². The number of hydrogen-bond acceptors (Lipinski definition) is 0. The second-order valence-electron chi connectivity index (χ2n) is 2.94. The summed E-state index contributed by atoms with van der Waals surface area (Å²) in [7, 11) is 0. The molecular weight excluding hydrogens is 120 g/mol. The van der Waals surface area contributed by atoms with Crippen LogP contribution in [0.15, 0.2) is 5.57 Å². The average molecular weight is 136 g/mol. The van der Waals surface area contributed by atoms with Crippen LogP contribution in [0, 0.1) is 12.0 Å². The van der Waals surface area contributed by atoms with Gasteiger partial charge in [0, 0.05) is 0 Å². The first-order valence-corrected chi connectivity index (χ1v) is 4.33. The van der Waals surface area contributed by atoms with Crippen LogP contribution in [0.5, 0.6) is 0 Å². The van der Waals surface area contributed by atoms with E-state index in [0.29, 0.717) is 0 Å². The molecule has 0 nitrogen and oxygen atoms in total. The van der Waals surface area contributed by atoms with Crippen molar-refractivity contribution >= 4 is 0 Å². The number of hydrogen-bond donors (Lipinski definition) is 0. The summed E-state index contributed by atoms with van der Waals surface area (Å²) in [4.78, 5) is 0. The van der Waals surface area contributed by atoms with Crippen LogP contribution in [0.3, 0.4) is 0 Å². The van der Waals surface area contributed by atoms with Gasteiger partial charge in [-0.15, -0.1) is 0 Å². The van der Waals surface area contributed by atoms with Gasteiger partial charge in [0.05, 0.1) is 0 Å². The first kappa shape index (κ1) is 7.71. The molecule has 1 aliphatic carbocycles. The summed E-state index contributed by atoms with van der Waals surface area (Å²) >= 11 is 0. The molecule has 0 radical (unpaired) electrons. The first-order valence-electron chi connectivity index (χ1n) is 4.33. The Hall–Kier alpha value is -0.390. The molecule has 0 aromatic carbocycles. The Morgan fingerprint density at radius 1 is 1.40 bits per heavy atom. The molecular formula is C10H16. The predicted molar refractivity (Wildman–Crippen MR) is 44.4 cm³/mol. The van der Waals surface area contributed by atoms with Gasteiger partial charge in [-0.1, -0.05) is 32.6 Å². The molecule has 10 heavy (non-hydrogen) atoms. The first-order chi connectivity index (χ1) is 4.88. The lowest BCUT2D eigenvalue weighted by Gasteiger charge is -2.26. The molecule has 0 aromatic heterocycles. The van der Waals surface area contributed by atoms with E-state index in [-0.39, 0.29) is 0 Å². The zero-order valence-electron chi connectivity index (χ0n) is 7.04. The Labute approximate surface area is 64.3 Å². The van der Waals surface area contributed by atoms with E-state index in [4.69, 9.17) is 0 Å². The van der Waals surface area contributed by atoms with Crippen molar-refractivity contribution in [3.05, 3.63) is 17.6 Å². The highest BCUT2D eigenvalue weighted by molar-refractivity contribution is 5.31. The van der Waals surface area contributed by atoms with Crippen LogP contribution in [0.25, 0.3) is 0 Å². The molecule has 1 rings (SSSR count). The van der Waals surface area contributed by atoms with Crippen molar-refractivity contribution in [2.24, 2.45) is 0 Å².